The molecule has 6 nitrogen and oxygen atoms in total. The summed E-state index contributed by atoms with van der Waals surface area (Å²) < 4.78 is 0. The number of halogens is 1. The van der Waals surface area contributed by atoms with Gasteiger partial charge in [-0.1, -0.05) is 31.5 Å². The highest BCUT2D eigenvalue weighted by atomic mass is 35.5. The second kappa shape index (κ2) is 8.11. The smallest absolute Gasteiger partial charge is 0.312 e. The highest BCUT2D eigenvalue weighted by Gasteiger charge is 2.41. The fraction of sp³-hybridized carbons (Fsp3) is 0.455. The lowest BCUT2D eigenvalue weighted by atomic mass is 10.0. The third-order valence-electron chi connectivity index (χ3n) is 5.62. The second-order valence-electron chi connectivity index (χ2n) is 8.24. The maximum Gasteiger partial charge on any atom is 0.326 e. The molecule has 0 N–H and O–H groups in total. The summed E-state index contributed by atoms with van der Waals surface area (Å²) in [6, 6.07) is 7.14. The van der Waals surface area contributed by atoms with Gasteiger partial charge in [0.25, 0.3) is 0 Å². The largest absolute Gasteiger partial charge is 0.326 e. The van der Waals surface area contributed by atoms with Crippen molar-refractivity contribution in [2.24, 2.45) is 5.92 Å². The molecule has 1 atom stereocenters. The monoisotopic (exact) mass is 412 g/mol. The van der Waals surface area contributed by atoms with Gasteiger partial charge in [-0.15, -0.1) is 0 Å². The fourth-order valence-corrected chi connectivity index (χ4v) is 4.00. The number of urea groups is 1. The Morgan fingerprint density at radius 2 is 2.03 bits per heavy atom. The summed E-state index contributed by atoms with van der Waals surface area (Å²) in [5.74, 6) is 1.45. The summed E-state index contributed by atoms with van der Waals surface area (Å²) in [5, 5.41) is 0.548. The Hall–Kier alpha value is -2.47. The van der Waals surface area contributed by atoms with E-state index in [1.807, 2.05) is 12.3 Å². The van der Waals surface area contributed by atoms with Crippen molar-refractivity contribution in [2.75, 3.05) is 18.0 Å². The molecule has 1 aliphatic carbocycles. The molecule has 152 valence electrons. The molecule has 1 saturated heterocycles. The number of pyridine rings is 2. The first-order valence-corrected chi connectivity index (χ1v) is 10.5. The lowest BCUT2D eigenvalue weighted by Crippen LogP contribution is -2.41. The van der Waals surface area contributed by atoms with Crippen LogP contribution in [0.25, 0.3) is 0 Å². The van der Waals surface area contributed by atoms with Crippen molar-refractivity contribution in [2.45, 2.75) is 45.1 Å². The Morgan fingerprint density at radius 1 is 1.24 bits per heavy atom. The average Bonchev–Trinajstić information content (AvgIpc) is 3.48. The quantitative estimate of drug-likeness (QED) is 0.687. The zero-order valence-corrected chi connectivity index (χ0v) is 17.5. The number of carbonyl (C=O) groups is 2. The molecule has 7 heteroatoms. The standard InChI is InChI=1S/C22H25ClN4O2/c1-14(2)20-13-27(21-6-5-16(11-25-21)15-3-4-15)22(29)26(20)12-19(28)10-18-9-17(23)7-8-24-18/h5-9,11,14-15,20H,3-4,10,12-13H2,1-2H3/t20-/m1/s1. The lowest BCUT2D eigenvalue weighted by Gasteiger charge is -2.25. The third kappa shape index (κ3) is 4.42. The highest BCUT2D eigenvalue weighted by molar-refractivity contribution is 6.30. The van der Waals surface area contributed by atoms with E-state index in [0.29, 0.717) is 29.0 Å². The summed E-state index contributed by atoms with van der Waals surface area (Å²) in [6.07, 6.45) is 6.06. The van der Waals surface area contributed by atoms with E-state index in [0.717, 1.165) is 0 Å². The van der Waals surface area contributed by atoms with Crippen LogP contribution in [0.4, 0.5) is 10.6 Å². The van der Waals surface area contributed by atoms with E-state index in [-0.39, 0.29) is 36.7 Å². The molecule has 2 aromatic rings. The molecule has 0 radical (unpaired) electrons. The minimum atomic E-state index is -0.164. The van der Waals surface area contributed by atoms with E-state index in [1.165, 1.54) is 18.4 Å². The highest BCUT2D eigenvalue weighted by Crippen LogP contribution is 2.40. The van der Waals surface area contributed by atoms with Crippen molar-refractivity contribution in [1.82, 2.24) is 14.9 Å². The number of carbonyl (C=O) groups excluding carboxylic acids is 2. The molecule has 0 spiro atoms. The van der Waals surface area contributed by atoms with E-state index in [9.17, 15) is 9.59 Å². The Morgan fingerprint density at radius 3 is 2.66 bits per heavy atom. The predicted molar refractivity (Wildman–Crippen MR) is 112 cm³/mol. The minimum absolute atomic E-state index is 0.0383. The molecule has 4 rings (SSSR count). The second-order valence-corrected chi connectivity index (χ2v) is 8.67. The molecule has 2 fully saturated rings. The van der Waals surface area contributed by atoms with Crippen molar-refractivity contribution in [1.29, 1.82) is 0 Å². The van der Waals surface area contributed by atoms with E-state index in [1.54, 1.807) is 28.1 Å². The lowest BCUT2D eigenvalue weighted by molar-refractivity contribution is -0.119. The van der Waals surface area contributed by atoms with Crippen molar-refractivity contribution >= 4 is 29.2 Å². The molecule has 2 aromatic heterocycles. The summed E-state index contributed by atoms with van der Waals surface area (Å²) in [7, 11) is 0. The molecule has 3 heterocycles. The normalized spacial score (nSPS) is 19.3. The van der Waals surface area contributed by atoms with E-state index < -0.39 is 0 Å². The van der Waals surface area contributed by atoms with Gasteiger partial charge < -0.3 is 4.90 Å². The van der Waals surface area contributed by atoms with Gasteiger partial charge in [0.05, 0.1) is 19.0 Å². The van der Waals surface area contributed by atoms with Gasteiger partial charge in [0.2, 0.25) is 0 Å². The van der Waals surface area contributed by atoms with Crippen LogP contribution in [0.2, 0.25) is 5.02 Å². The van der Waals surface area contributed by atoms with Gasteiger partial charge >= 0.3 is 6.03 Å². The molecular formula is C22H25ClN4O2. The Kier molecular flexibility index (Phi) is 5.54. The number of Topliss-reactive ketones (excluding diaryl/α,β-unsaturated/α-hetero) is 1. The van der Waals surface area contributed by atoms with Crippen LogP contribution in [-0.4, -0.2) is 45.8 Å². The first-order chi connectivity index (χ1) is 13.9. The van der Waals surface area contributed by atoms with E-state index in [4.69, 9.17) is 11.6 Å². The summed E-state index contributed by atoms with van der Waals surface area (Å²) >= 11 is 5.98. The molecule has 0 bridgehead atoms. The van der Waals surface area contributed by atoms with Gasteiger partial charge in [0.1, 0.15) is 5.82 Å². The fourth-order valence-electron chi connectivity index (χ4n) is 3.82. The maximum atomic E-state index is 13.1. The number of ketones is 1. The zero-order valence-electron chi connectivity index (χ0n) is 16.7. The number of aromatic nitrogens is 2. The molecule has 1 aliphatic heterocycles. The van der Waals surface area contributed by atoms with Crippen molar-refractivity contribution in [3.05, 3.63) is 52.9 Å². The molecule has 29 heavy (non-hydrogen) atoms. The average molecular weight is 413 g/mol. The summed E-state index contributed by atoms with van der Waals surface area (Å²) in [5.41, 5.74) is 1.85. The minimum Gasteiger partial charge on any atom is -0.312 e. The number of hydrogen-bond acceptors (Lipinski definition) is 4. The first-order valence-electron chi connectivity index (χ1n) is 10.1. The molecule has 2 amide bonds. The number of amides is 2. The van der Waals surface area contributed by atoms with E-state index >= 15 is 0 Å². The summed E-state index contributed by atoms with van der Waals surface area (Å²) in [4.78, 5) is 37.8. The third-order valence-corrected chi connectivity index (χ3v) is 5.85. The maximum absolute atomic E-state index is 13.1. The topological polar surface area (TPSA) is 66.4 Å². The van der Waals surface area contributed by atoms with E-state index in [2.05, 4.69) is 29.9 Å². The Labute approximate surface area is 175 Å². The Balaban J connectivity index is 1.47. The van der Waals surface area contributed by atoms with Crippen LogP contribution in [0.1, 0.15) is 43.9 Å². The SMILES string of the molecule is CC(C)[C@H]1CN(c2ccc(C3CC3)cn2)C(=O)N1CC(=O)Cc1cc(Cl)ccn1. The van der Waals surface area contributed by atoms with Gasteiger partial charge in [0, 0.05) is 29.7 Å². The molecule has 0 aromatic carbocycles. The van der Waals surface area contributed by atoms with Crippen LogP contribution in [-0.2, 0) is 11.2 Å². The summed E-state index contributed by atoms with van der Waals surface area (Å²) in [6.45, 7) is 4.74. The first kappa shape index (κ1) is 19.8. The van der Waals surface area contributed by atoms with Gasteiger partial charge in [-0.05, 0) is 48.4 Å². The molecular weight excluding hydrogens is 388 g/mol. The van der Waals surface area contributed by atoms with Gasteiger partial charge in [-0.3, -0.25) is 14.7 Å². The molecule has 2 aliphatic rings. The van der Waals surface area contributed by atoms with Crippen LogP contribution in [0.15, 0.2) is 36.7 Å². The zero-order chi connectivity index (χ0) is 20.5. The van der Waals surface area contributed by atoms with Crippen molar-refractivity contribution in [3.63, 3.8) is 0 Å². The number of rotatable bonds is 7. The molecule has 0 unspecified atom stereocenters. The van der Waals surface area contributed by atoms with Crippen LogP contribution in [0.3, 0.4) is 0 Å². The number of anilines is 1. The van der Waals surface area contributed by atoms with Crippen LogP contribution >= 0.6 is 11.6 Å². The van der Waals surface area contributed by atoms with Gasteiger partial charge in [0.15, 0.2) is 5.78 Å². The molecule has 1 saturated carbocycles. The van der Waals surface area contributed by atoms with Gasteiger partial charge in [-0.2, -0.15) is 0 Å². The van der Waals surface area contributed by atoms with Gasteiger partial charge in [-0.25, -0.2) is 9.78 Å². The van der Waals surface area contributed by atoms with Crippen LogP contribution in [0, 0.1) is 5.92 Å². The Bertz CT molecular complexity index is 911. The van der Waals surface area contributed by atoms with Crippen LogP contribution < -0.4 is 4.90 Å². The number of hydrogen-bond donors (Lipinski definition) is 0. The van der Waals surface area contributed by atoms with Crippen LogP contribution in [0.5, 0.6) is 0 Å². The van der Waals surface area contributed by atoms with Crippen molar-refractivity contribution < 1.29 is 9.59 Å². The predicted octanol–water partition coefficient (Wildman–Crippen LogP) is 4.09. The van der Waals surface area contributed by atoms with Crippen molar-refractivity contribution in [3.8, 4) is 0 Å². The number of nitrogens with zero attached hydrogens (tertiary/aromatic N) is 4.